The number of nitrogens with zero attached hydrogens (tertiary/aromatic N) is 1. The van der Waals surface area contributed by atoms with Crippen molar-refractivity contribution in [3.63, 3.8) is 0 Å². The van der Waals surface area contributed by atoms with Crippen molar-refractivity contribution in [2.45, 2.75) is 6.92 Å². The van der Waals surface area contributed by atoms with Gasteiger partial charge in [-0.05, 0) is 23.9 Å². The standard InChI is InChI=1S/C12H8Cl2N2O3S/c1-5-4-20-9(12(18)19)8(5)16-11(17)6-2-7(13)10(14)15-3-6/h2-4H,1H3,(H,16,17)(H,18,19). The highest BCUT2D eigenvalue weighted by atomic mass is 35.5. The molecule has 0 spiro atoms. The Hall–Kier alpha value is -1.63. The maximum Gasteiger partial charge on any atom is 0.348 e. The average Bonchev–Trinajstić information content (AvgIpc) is 2.74. The van der Waals surface area contributed by atoms with Crippen molar-refractivity contribution in [2.75, 3.05) is 5.32 Å². The molecule has 0 unspecified atom stereocenters. The molecule has 0 aliphatic heterocycles. The Morgan fingerprint density at radius 2 is 2.10 bits per heavy atom. The first-order chi connectivity index (χ1) is 9.40. The molecule has 1 amide bonds. The molecule has 2 rings (SSSR count). The highest BCUT2D eigenvalue weighted by molar-refractivity contribution is 7.12. The Morgan fingerprint density at radius 3 is 2.70 bits per heavy atom. The van der Waals surface area contributed by atoms with Crippen LogP contribution in [0.2, 0.25) is 10.2 Å². The van der Waals surface area contributed by atoms with Gasteiger partial charge in [0.1, 0.15) is 10.0 Å². The van der Waals surface area contributed by atoms with Crippen LogP contribution in [0, 0.1) is 6.92 Å². The van der Waals surface area contributed by atoms with Gasteiger partial charge in [0.25, 0.3) is 5.91 Å². The quantitative estimate of drug-likeness (QED) is 0.841. The number of carboxylic acid groups (broad SMARTS) is 1. The lowest BCUT2D eigenvalue weighted by Crippen LogP contribution is -2.14. The van der Waals surface area contributed by atoms with Crippen molar-refractivity contribution in [1.29, 1.82) is 0 Å². The van der Waals surface area contributed by atoms with Crippen molar-refractivity contribution in [1.82, 2.24) is 4.98 Å². The summed E-state index contributed by atoms with van der Waals surface area (Å²) < 4.78 is 0. The molecule has 8 heteroatoms. The second kappa shape index (κ2) is 5.78. The molecule has 5 nitrogen and oxygen atoms in total. The average molecular weight is 331 g/mol. The minimum Gasteiger partial charge on any atom is -0.477 e. The number of nitrogens with one attached hydrogen (secondary N) is 1. The zero-order valence-electron chi connectivity index (χ0n) is 10.1. The molecule has 0 aliphatic carbocycles. The minimum absolute atomic E-state index is 0.0730. The fourth-order valence-corrected chi connectivity index (χ4v) is 2.60. The lowest BCUT2D eigenvalue weighted by molar-refractivity contribution is 0.0703. The maximum absolute atomic E-state index is 12.1. The number of aromatic carboxylic acids is 1. The second-order valence-electron chi connectivity index (χ2n) is 3.88. The molecule has 0 radical (unpaired) electrons. The van der Waals surface area contributed by atoms with Gasteiger partial charge in [-0.1, -0.05) is 23.2 Å². The van der Waals surface area contributed by atoms with E-state index >= 15 is 0 Å². The zero-order chi connectivity index (χ0) is 14.9. The number of anilines is 1. The fraction of sp³-hybridized carbons (Fsp3) is 0.0833. The first-order valence-electron chi connectivity index (χ1n) is 5.34. The number of amides is 1. The third-order valence-corrected chi connectivity index (χ3v) is 4.24. The molecule has 0 bridgehead atoms. The first-order valence-corrected chi connectivity index (χ1v) is 6.97. The van der Waals surface area contributed by atoms with Crippen LogP contribution in [0.1, 0.15) is 25.6 Å². The van der Waals surface area contributed by atoms with Crippen molar-refractivity contribution in [3.05, 3.63) is 43.8 Å². The molecule has 104 valence electrons. The van der Waals surface area contributed by atoms with Crippen LogP contribution in [0.25, 0.3) is 0 Å². The summed E-state index contributed by atoms with van der Waals surface area (Å²) in [4.78, 5) is 27.0. The van der Waals surface area contributed by atoms with Crippen LogP contribution < -0.4 is 5.32 Å². The summed E-state index contributed by atoms with van der Waals surface area (Å²) in [6.07, 6.45) is 1.27. The Morgan fingerprint density at radius 1 is 1.40 bits per heavy atom. The van der Waals surface area contributed by atoms with Gasteiger partial charge in [-0.25, -0.2) is 9.78 Å². The van der Waals surface area contributed by atoms with Crippen LogP contribution in [-0.4, -0.2) is 22.0 Å². The third-order valence-electron chi connectivity index (χ3n) is 2.47. The van der Waals surface area contributed by atoms with Crippen LogP contribution >= 0.6 is 34.5 Å². The van der Waals surface area contributed by atoms with Gasteiger partial charge in [0.05, 0.1) is 16.3 Å². The summed E-state index contributed by atoms with van der Waals surface area (Å²) in [5, 5.41) is 13.5. The number of hydrogen-bond donors (Lipinski definition) is 2. The SMILES string of the molecule is Cc1csc(C(=O)O)c1NC(=O)c1cnc(Cl)c(Cl)c1. The smallest absolute Gasteiger partial charge is 0.348 e. The number of thiophene rings is 1. The largest absolute Gasteiger partial charge is 0.477 e. The van der Waals surface area contributed by atoms with Crippen molar-refractivity contribution < 1.29 is 14.7 Å². The molecular formula is C12H8Cl2N2O3S. The Kier molecular flexibility index (Phi) is 4.27. The normalized spacial score (nSPS) is 10.3. The van der Waals surface area contributed by atoms with E-state index in [1.807, 2.05) is 0 Å². The molecule has 2 aromatic heterocycles. The number of hydrogen-bond acceptors (Lipinski definition) is 4. The number of pyridine rings is 1. The van der Waals surface area contributed by atoms with Crippen LogP contribution in [-0.2, 0) is 0 Å². The first kappa shape index (κ1) is 14.8. The molecule has 0 saturated carbocycles. The summed E-state index contributed by atoms with van der Waals surface area (Å²) in [6, 6.07) is 1.37. The molecule has 0 aromatic carbocycles. The molecule has 20 heavy (non-hydrogen) atoms. The van der Waals surface area contributed by atoms with Gasteiger partial charge in [0.15, 0.2) is 0 Å². The van der Waals surface area contributed by atoms with Gasteiger partial charge < -0.3 is 10.4 Å². The van der Waals surface area contributed by atoms with E-state index in [0.717, 1.165) is 11.3 Å². The van der Waals surface area contributed by atoms with E-state index < -0.39 is 11.9 Å². The van der Waals surface area contributed by atoms with Crippen molar-refractivity contribution >= 4 is 52.1 Å². The Balaban J connectivity index is 2.30. The molecule has 2 aromatic rings. The van der Waals surface area contributed by atoms with Gasteiger partial charge in [0.2, 0.25) is 0 Å². The van der Waals surface area contributed by atoms with Crippen LogP contribution in [0.15, 0.2) is 17.6 Å². The Labute approximate surface area is 128 Å². The summed E-state index contributed by atoms with van der Waals surface area (Å²) in [5.41, 5.74) is 1.15. The van der Waals surface area contributed by atoms with E-state index in [-0.39, 0.29) is 26.3 Å². The van der Waals surface area contributed by atoms with E-state index in [1.165, 1.54) is 12.3 Å². The van der Waals surface area contributed by atoms with Crippen LogP contribution in [0.3, 0.4) is 0 Å². The second-order valence-corrected chi connectivity index (χ2v) is 5.52. The molecule has 2 N–H and O–H groups in total. The van der Waals surface area contributed by atoms with Gasteiger partial charge in [-0.15, -0.1) is 11.3 Å². The lowest BCUT2D eigenvalue weighted by atomic mass is 10.2. The van der Waals surface area contributed by atoms with Crippen LogP contribution in [0.4, 0.5) is 5.69 Å². The summed E-state index contributed by atoms with van der Waals surface area (Å²) in [6.45, 7) is 1.71. The molecule has 2 heterocycles. The number of rotatable bonds is 3. The maximum atomic E-state index is 12.1. The summed E-state index contributed by atoms with van der Waals surface area (Å²) in [5.74, 6) is -1.59. The monoisotopic (exact) mass is 330 g/mol. The number of aryl methyl sites for hydroxylation is 1. The highest BCUT2D eigenvalue weighted by Crippen LogP contribution is 2.28. The Bertz CT molecular complexity index is 700. The van der Waals surface area contributed by atoms with E-state index in [1.54, 1.807) is 12.3 Å². The number of carbonyl (C=O) groups is 2. The molecule has 0 saturated heterocycles. The van der Waals surface area contributed by atoms with E-state index in [2.05, 4.69) is 10.3 Å². The third kappa shape index (κ3) is 2.92. The molecule has 0 atom stereocenters. The van der Waals surface area contributed by atoms with Gasteiger partial charge in [-0.2, -0.15) is 0 Å². The number of carboxylic acids is 1. The van der Waals surface area contributed by atoms with Gasteiger partial charge in [-0.3, -0.25) is 4.79 Å². The molecule has 0 fully saturated rings. The molecular weight excluding hydrogens is 323 g/mol. The summed E-state index contributed by atoms with van der Waals surface area (Å²) in [7, 11) is 0. The number of halogens is 2. The number of carbonyl (C=O) groups excluding carboxylic acids is 1. The van der Waals surface area contributed by atoms with E-state index in [0.29, 0.717) is 5.56 Å². The predicted molar refractivity (Wildman–Crippen MR) is 78.2 cm³/mol. The van der Waals surface area contributed by atoms with Gasteiger partial charge >= 0.3 is 5.97 Å². The highest BCUT2D eigenvalue weighted by Gasteiger charge is 2.18. The topological polar surface area (TPSA) is 79.3 Å². The predicted octanol–water partition coefficient (Wildman–Crippen LogP) is 3.71. The summed E-state index contributed by atoms with van der Waals surface area (Å²) >= 11 is 12.5. The van der Waals surface area contributed by atoms with Crippen molar-refractivity contribution in [2.24, 2.45) is 0 Å². The zero-order valence-corrected chi connectivity index (χ0v) is 12.4. The minimum atomic E-state index is -1.09. The van der Waals surface area contributed by atoms with E-state index in [4.69, 9.17) is 28.3 Å². The van der Waals surface area contributed by atoms with Gasteiger partial charge in [0, 0.05) is 6.20 Å². The number of aromatic nitrogens is 1. The van der Waals surface area contributed by atoms with E-state index in [9.17, 15) is 9.59 Å². The lowest BCUT2D eigenvalue weighted by Gasteiger charge is -2.06. The fourth-order valence-electron chi connectivity index (χ4n) is 1.49. The van der Waals surface area contributed by atoms with Crippen LogP contribution in [0.5, 0.6) is 0 Å². The molecule has 0 aliphatic rings. The van der Waals surface area contributed by atoms with Crippen molar-refractivity contribution in [3.8, 4) is 0 Å².